The molecule has 0 heterocycles. The number of benzene rings is 1. The zero-order valence-corrected chi connectivity index (χ0v) is 10.3. The topological polar surface area (TPSA) is 80.4 Å². The van der Waals surface area contributed by atoms with Crippen molar-refractivity contribution >= 4 is 24.1 Å². The lowest BCUT2D eigenvalue weighted by Gasteiger charge is -2.16. The summed E-state index contributed by atoms with van der Waals surface area (Å²) in [6, 6.07) is 5.65. The zero-order chi connectivity index (χ0) is 12.3. The van der Waals surface area contributed by atoms with Crippen LogP contribution in [0, 0.1) is 16.0 Å². The number of halogens is 1. The summed E-state index contributed by atoms with van der Waals surface area (Å²) in [5.74, 6) is -1.59. The van der Waals surface area contributed by atoms with E-state index in [4.69, 9.17) is 5.11 Å². The third-order valence-electron chi connectivity index (χ3n) is 2.40. The zero-order valence-electron chi connectivity index (χ0n) is 9.49. The van der Waals surface area contributed by atoms with Gasteiger partial charge in [-0.1, -0.05) is 26.0 Å². The van der Waals surface area contributed by atoms with Gasteiger partial charge in [0.15, 0.2) is 0 Å². The highest BCUT2D eigenvalue weighted by Gasteiger charge is 2.23. The van der Waals surface area contributed by atoms with Crippen molar-refractivity contribution < 1.29 is 14.8 Å². The van der Waals surface area contributed by atoms with Crippen LogP contribution in [0.2, 0.25) is 0 Å². The van der Waals surface area contributed by atoms with Gasteiger partial charge >= 0.3 is 5.97 Å². The maximum absolute atomic E-state index is 11.0. The number of non-ortho nitro benzene ring substituents is 1. The summed E-state index contributed by atoms with van der Waals surface area (Å²) < 4.78 is 0. The molecule has 1 aromatic rings. The minimum atomic E-state index is -0.913. The molecule has 0 amide bonds. The van der Waals surface area contributed by atoms with E-state index in [1.807, 2.05) is 0 Å². The fraction of sp³-hybridized carbons (Fsp3) is 0.364. The first-order chi connectivity index (χ1) is 7.43. The summed E-state index contributed by atoms with van der Waals surface area (Å²) in [7, 11) is 0. The van der Waals surface area contributed by atoms with Gasteiger partial charge in [-0.2, -0.15) is 0 Å². The van der Waals surface area contributed by atoms with Crippen molar-refractivity contribution in [3.05, 3.63) is 39.9 Å². The van der Waals surface area contributed by atoms with Gasteiger partial charge in [0.1, 0.15) is 0 Å². The third-order valence-corrected chi connectivity index (χ3v) is 2.40. The highest BCUT2D eigenvalue weighted by atomic mass is 35.5. The maximum Gasteiger partial charge on any atom is 0.311 e. The maximum atomic E-state index is 11.0. The summed E-state index contributed by atoms with van der Waals surface area (Å²) in [6.45, 7) is 3.61. The van der Waals surface area contributed by atoms with E-state index >= 15 is 0 Å². The van der Waals surface area contributed by atoms with Crippen LogP contribution < -0.4 is 0 Å². The van der Waals surface area contributed by atoms with E-state index in [0.29, 0.717) is 5.56 Å². The van der Waals surface area contributed by atoms with Crippen molar-refractivity contribution in [3.63, 3.8) is 0 Å². The van der Waals surface area contributed by atoms with E-state index in [9.17, 15) is 14.9 Å². The van der Waals surface area contributed by atoms with Crippen molar-refractivity contribution in [2.24, 2.45) is 5.92 Å². The van der Waals surface area contributed by atoms with Crippen LogP contribution in [-0.4, -0.2) is 16.0 Å². The first kappa shape index (κ1) is 15.4. The highest BCUT2D eigenvalue weighted by Crippen LogP contribution is 2.26. The molecule has 0 spiro atoms. The lowest BCUT2D eigenvalue weighted by molar-refractivity contribution is -0.384. The van der Waals surface area contributed by atoms with Gasteiger partial charge in [-0.05, 0) is 11.5 Å². The van der Waals surface area contributed by atoms with Crippen LogP contribution in [0.3, 0.4) is 0 Å². The second kappa shape index (κ2) is 6.20. The van der Waals surface area contributed by atoms with Gasteiger partial charge in [-0.15, -0.1) is 12.4 Å². The summed E-state index contributed by atoms with van der Waals surface area (Å²) in [5, 5.41) is 19.5. The summed E-state index contributed by atoms with van der Waals surface area (Å²) in [5.41, 5.74) is 0.560. The molecule has 1 N–H and O–H groups in total. The minimum Gasteiger partial charge on any atom is -0.481 e. The Labute approximate surface area is 105 Å². The summed E-state index contributed by atoms with van der Waals surface area (Å²) in [6.07, 6.45) is 0. The molecular weight excluding hydrogens is 246 g/mol. The molecule has 1 aromatic carbocycles. The predicted molar refractivity (Wildman–Crippen MR) is 65.6 cm³/mol. The summed E-state index contributed by atoms with van der Waals surface area (Å²) in [4.78, 5) is 21.0. The molecule has 0 aliphatic heterocycles. The molecule has 0 fully saturated rings. The smallest absolute Gasteiger partial charge is 0.311 e. The SMILES string of the molecule is CC(C)C(C(=O)O)c1ccc([N+](=O)[O-])cc1.Cl. The number of nitrogens with zero attached hydrogens (tertiary/aromatic N) is 1. The van der Waals surface area contributed by atoms with E-state index in [0.717, 1.165) is 0 Å². The first-order valence-corrected chi connectivity index (χ1v) is 4.90. The fourth-order valence-electron chi connectivity index (χ4n) is 1.62. The number of rotatable bonds is 4. The molecule has 94 valence electrons. The lowest BCUT2D eigenvalue weighted by atomic mass is 9.88. The molecule has 0 saturated heterocycles. The Morgan fingerprint density at radius 2 is 1.76 bits per heavy atom. The van der Waals surface area contributed by atoms with E-state index in [1.165, 1.54) is 24.3 Å². The Balaban J connectivity index is 0.00000256. The third kappa shape index (κ3) is 3.71. The van der Waals surface area contributed by atoms with Crippen LogP contribution in [0.25, 0.3) is 0 Å². The molecule has 0 bridgehead atoms. The van der Waals surface area contributed by atoms with E-state index < -0.39 is 16.8 Å². The van der Waals surface area contributed by atoms with Crippen LogP contribution >= 0.6 is 12.4 Å². The molecule has 5 nitrogen and oxygen atoms in total. The molecule has 0 aliphatic rings. The van der Waals surface area contributed by atoms with Crippen LogP contribution in [0.5, 0.6) is 0 Å². The van der Waals surface area contributed by atoms with Gasteiger partial charge in [0.05, 0.1) is 10.8 Å². The first-order valence-electron chi connectivity index (χ1n) is 4.90. The van der Waals surface area contributed by atoms with E-state index in [2.05, 4.69) is 0 Å². The van der Waals surface area contributed by atoms with Crippen LogP contribution in [0.15, 0.2) is 24.3 Å². The number of carbonyl (C=O) groups is 1. The summed E-state index contributed by atoms with van der Waals surface area (Å²) >= 11 is 0. The van der Waals surface area contributed by atoms with Gasteiger partial charge in [-0.25, -0.2) is 0 Å². The standard InChI is InChI=1S/C11H13NO4.ClH/c1-7(2)10(11(13)14)8-3-5-9(6-4-8)12(15)16;/h3-7,10H,1-2H3,(H,13,14);1H. The molecule has 6 heteroatoms. The van der Waals surface area contributed by atoms with Gasteiger partial charge < -0.3 is 5.11 Å². The second-order valence-electron chi connectivity index (χ2n) is 3.91. The Kier molecular flexibility index (Phi) is 5.61. The lowest BCUT2D eigenvalue weighted by Crippen LogP contribution is -2.17. The predicted octanol–water partition coefficient (Wildman–Crippen LogP) is 2.84. The van der Waals surface area contributed by atoms with Gasteiger partial charge in [0.2, 0.25) is 0 Å². The Morgan fingerprint density at radius 3 is 2.06 bits per heavy atom. The van der Waals surface area contributed by atoms with Gasteiger partial charge in [-0.3, -0.25) is 14.9 Å². The molecule has 0 saturated carbocycles. The van der Waals surface area contributed by atoms with Crippen LogP contribution in [0.4, 0.5) is 5.69 Å². The average Bonchev–Trinajstić information content (AvgIpc) is 2.17. The molecule has 1 rings (SSSR count). The molecule has 1 unspecified atom stereocenters. The molecular formula is C11H14ClNO4. The monoisotopic (exact) mass is 259 g/mol. The molecule has 1 atom stereocenters. The molecule has 0 aliphatic carbocycles. The Bertz CT molecular complexity index is 402. The number of carboxylic acids is 1. The number of aliphatic carboxylic acids is 1. The van der Waals surface area contributed by atoms with Crippen LogP contribution in [0.1, 0.15) is 25.3 Å². The second-order valence-corrected chi connectivity index (χ2v) is 3.91. The van der Waals surface area contributed by atoms with Crippen molar-refractivity contribution in [1.82, 2.24) is 0 Å². The quantitative estimate of drug-likeness (QED) is 0.666. The average molecular weight is 260 g/mol. The van der Waals surface area contributed by atoms with Gasteiger partial charge in [0, 0.05) is 12.1 Å². The highest BCUT2D eigenvalue weighted by molar-refractivity contribution is 5.85. The number of nitro groups is 1. The largest absolute Gasteiger partial charge is 0.481 e. The normalized spacial score (nSPS) is 11.7. The number of hydrogen-bond donors (Lipinski definition) is 1. The van der Waals surface area contributed by atoms with E-state index in [-0.39, 0.29) is 24.0 Å². The number of nitro benzene ring substituents is 1. The minimum absolute atomic E-state index is 0. The van der Waals surface area contributed by atoms with Crippen LogP contribution in [-0.2, 0) is 4.79 Å². The van der Waals surface area contributed by atoms with Crippen molar-refractivity contribution in [2.45, 2.75) is 19.8 Å². The molecule has 0 aromatic heterocycles. The Hall–Kier alpha value is -1.62. The van der Waals surface area contributed by atoms with Crippen molar-refractivity contribution in [1.29, 1.82) is 0 Å². The van der Waals surface area contributed by atoms with Gasteiger partial charge in [0.25, 0.3) is 5.69 Å². The fourth-order valence-corrected chi connectivity index (χ4v) is 1.62. The molecule has 0 radical (unpaired) electrons. The molecule has 17 heavy (non-hydrogen) atoms. The van der Waals surface area contributed by atoms with E-state index in [1.54, 1.807) is 13.8 Å². The van der Waals surface area contributed by atoms with Crippen molar-refractivity contribution in [3.8, 4) is 0 Å². The Morgan fingerprint density at radius 1 is 1.29 bits per heavy atom. The number of carboxylic acid groups (broad SMARTS) is 1. The van der Waals surface area contributed by atoms with Crippen molar-refractivity contribution in [2.75, 3.05) is 0 Å². The number of hydrogen-bond acceptors (Lipinski definition) is 3.